The number of nitrogens with one attached hydrogen (secondary N) is 1. The molecule has 0 spiro atoms. The first kappa shape index (κ1) is 19.1. The molecular formula is C18H27N5O2. The second-order valence-electron chi connectivity index (χ2n) is 6.49. The molecule has 2 N–H and O–H groups in total. The van der Waals surface area contributed by atoms with Gasteiger partial charge in [0.05, 0.1) is 24.3 Å². The van der Waals surface area contributed by atoms with Gasteiger partial charge >= 0.3 is 0 Å². The maximum absolute atomic E-state index is 12.3. The molecule has 0 fully saturated rings. The zero-order valence-corrected chi connectivity index (χ0v) is 15.2. The van der Waals surface area contributed by atoms with Crippen LogP contribution in [0.1, 0.15) is 57.2 Å². The fourth-order valence-corrected chi connectivity index (χ4v) is 2.99. The average molecular weight is 345 g/mol. The van der Waals surface area contributed by atoms with Gasteiger partial charge in [-0.05, 0) is 37.5 Å². The third-order valence-electron chi connectivity index (χ3n) is 4.24. The zero-order chi connectivity index (χ0) is 18.3. The second kappa shape index (κ2) is 8.71. The first-order chi connectivity index (χ1) is 12.0. The van der Waals surface area contributed by atoms with Gasteiger partial charge in [0, 0.05) is 12.4 Å². The number of aliphatic hydroxyl groups is 1. The van der Waals surface area contributed by atoms with E-state index >= 15 is 0 Å². The minimum absolute atomic E-state index is 0.0747. The summed E-state index contributed by atoms with van der Waals surface area (Å²) in [4.78, 5) is 16.3. The van der Waals surface area contributed by atoms with Crippen molar-refractivity contribution in [3.05, 3.63) is 35.8 Å². The molecule has 7 heteroatoms. The van der Waals surface area contributed by atoms with Crippen LogP contribution < -0.4 is 5.32 Å². The summed E-state index contributed by atoms with van der Waals surface area (Å²) in [6.07, 6.45) is 6.43. The van der Waals surface area contributed by atoms with Crippen LogP contribution in [-0.4, -0.2) is 36.6 Å². The minimum atomic E-state index is -0.950. The van der Waals surface area contributed by atoms with Gasteiger partial charge in [0.15, 0.2) is 5.82 Å². The Kier molecular flexibility index (Phi) is 6.64. The van der Waals surface area contributed by atoms with E-state index in [4.69, 9.17) is 0 Å². The minimum Gasteiger partial charge on any atom is -0.389 e. The topological polar surface area (TPSA) is 92.9 Å². The smallest absolute Gasteiger partial charge is 0.228 e. The van der Waals surface area contributed by atoms with Crippen LogP contribution in [-0.2, 0) is 11.3 Å². The van der Waals surface area contributed by atoms with Crippen LogP contribution in [0.15, 0.2) is 24.5 Å². The monoisotopic (exact) mass is 345 g/mol. The summed E-state index contributed by atoms with van der Waals surface area (Å²) in [6, 6.07) is 3.82. The molecular weight excluding hydrogens is 318 g/mol. The molecule has 2 rings (SSSR count). The standard InChI is InChI=1S/C18H27N5O2/c1-4-8-18(25,9-5-2)12-16(24)20-17-14(3)23(22-21-17)13-15-6-10-19-11-7-15/h6-7,10-11,25H,4-5,8-9,12-13H2,1-3H3,(H,20,24). The van der Waals surface area contributed by atoms with Gasteiger partial charge in [0.2, 0.25) is 5.91 Å². The highest BCUT2D eigenvalue weighted by molar-refractivity contribution is 5.90. The molecule has 0 unspecified atom stereocenters. The lowest BCUT2D eigenvalue weighted by Gasteiger charge is -2.26. The number of pyridine rings is 1. The van der Waals surface area contributed by atoms with E-state index in [2.05, 4.69) is 20.6 Å². The molecule has 2 heterocycles. The molecule has 0 radical (unpaired) electrons. The number of nitrogens with zero attached hydrogens (tertiary/aromatic N) is 4. The molecule has 2 aromatic rings. The molecule has 0 aliphatic rings. The van der Waals surface area contributed by atoms with Crippen LogP contribution in [0.4, 0.5) is 5.82 Å². The van der Waals surface area contributed by atoms with Crippen LogP contribution in [0.5, 0.6) is 0 Å². The number of hydrogen-bond donors (Lipinski definition) is 2. The van der Waals surface area contributed by atoms with E-state index in [1.54, 1.807) is 17.1 Å². The van der Waals surface area contributed by atoms with Gasteiger partial charge in [-0.15, -0.1) is 5.10 Å². The normalized spacial score (nSPS) is 11.5. The van der Waals surface area contributed by atoms with Crippen molar-refractivity contribution in [1.29, 1.82) is 0 Å². The van der Waals surface area contributed by atoms with Crippen molar-refractivity contribution in [3.8, 4) is 0 Å². The van der Waals surface area contributed by atoms with Crippen molar-refractivity contribution >= 4 is 11.7 Å². The maximum atomic E-state index is 12.3. The molecule has 25 heavy (non-hydrogen) atoms. The van der Waals surface area contributed by atoms with E-state index in [1.807, 2.05) is 32.9 Å². The van der Waals surface area contributed by atoms with Crippen LogP contribution in [0.25, 0.3) is 0 Å². The summed E-state index contributed by atoms with van der Waals surface area (Å²) in [6.45, 7) is 6.44. The number of hydrogen-bond acceptors (Lipinski definition) is 5. The van der Waals surface area contributed by atoms with Crippen molar-refractivity contribution in [2.24, 2.45) is 0 Å². The Morgan fingerprint density at radius 3 is 2.48 bits per heavy atom. The van der Waals surface area contributed by atoms with Gasteiger partial charge in [-0.25, -0.2) is 4.68 Å². The zero-order valence-electron chi connectivity index (χ0n) is 15.2. The molecule has 0 saturated carbocycles. The SMILES string of the molecule is CCCC(O)(CCC)CC(=O)Nc1nnn(Cc2ccncc2)c1C. The summed E-state index contributed by atoms with van der Waals surface area (Å²) in [7, 11) is 0. The van der Waals surface area contributed by atoms with Gasteiger partial charge in [0.25, 0.3) is 0 Å². The number of rotatable bonds is 9. The molecule has 0 saturated heterocycles. The largest absolute Gasteiger partial charge is 0.389 e. The molecule has 0 aromatic carbocycles. The summed E-state index contributed by atoms with van der Waals surface area (Å²) in [5.41, 5.74) is 0.884. The lowest BCUT2D eigenvalue weighted by molar-refractivity contribution is -0.121. The predicted octanol–water partition coefficient (Wildman–Crippen LogP) is 2.69. The summed E-state index contributed by atoms with van der Waals surface area (Å²) in [5.74, 6) is 0.206. The predicted molar refractivity (Wildman–Crippen MR) is 96.1 cm³/mol. The van der Waals surface area contributed by atoms with E-state index in [0.717, 1.165) is 24.1 Å². The molecule has 7 nitrogen and oxygen atoms in total. The van der Waals surface area contributed by atoms with E-state index in [1.165, 1.54) is 0 Å². The fourth-order valence-electron chi connectivity index (χ4n) is 2.99. The molecule has 0 atom stereocenters. The number of anilines is 1. The highest BCUT2D eigenvalue weighted by Crippen LogP contribution is 2.24. The fraction of sp³-hybridized carbons (Fsp3) is 0.556. The molecule has 136 valence electrons. The quantitative estimate of drug-likeness (QED) is 0.729. The van der Waals surface area contributed by atoms with Gasteiger partial charge in [-0.3, -0.25) is 9.78 Å². The molecule has 2 aromatic heterocycles. The van der Waals surface area contributed by atoms with E-state index in [0.29, 0.717) is 25.2 Å². The highest BCUT2D eigenvalue weighted by Gasteiger charge is 2.28. The Labute approximate surface area is 148 Å². The van der Waals surface area contributed by atoms with Crippen molar-refractivity contribution in [2.45, 2.75) is 65.0 Å². The highest BCUT2D eigenvalue weighted by atomic mass is 16.3. The van der Waals surface area contributed by atoms with E-state index in [-0.39, 0.29) is 12.3 Å². The Hall–Kier alpha value is -2.28. The number of aromatic nitrogens is 4. The van der Waals surface area contributed by atoms with Crippen molar-refractivity contribution in [1.82, 2.24) is 20.0 Å². The first-order valence-electron chi connectivity index (χ1n) is 8.78. The van der Waals surface area contributed by atoms with Crippen molar-refractivity contribution < 1.29 is 9.90 Å². The maximum Gasteiger partial charge on any atom is 0.228 e. The number of carbonyl (C=O) groups is 1. The Morgan fingerprint density at radius 2 is 1.88 bits per heavy atom. The Balaban J connectivity index is 2.01. The van der Waals surface area contributed by atoms with Crippen LogP contribution in [0.2, 0.25) is 0 Å². The average Bonchev–Trinajstić information content (AvgIpc) is 2.89. The number of amides is 1. The number of carbonyl (C=O) groups excluding carboxylic acids is 1. The Morgan fingerprint density at radius 1 is 1.24 bits per heavy atom. The Bertz CT molecular complexity index is 678. The lowest BCUT2D eigenvalue weighted by atomic mass is 9.89. The third kappa shape index (κ3) is 5.35. The lowest BCUT2D eigenvalue weighted by Crippen LogP contribution is -2.34. The van der Waals surface area contributed by atoms with Crippen LogP contribution >= 0.6 is 0 Å². The summed E-state index contributed by atoms with van der Waals surface area (Å²) in [5, 5.41) is 21.6. The van der Waals surface area contributed by atoms with Gasteiger partial charge in [-0.1, -0.05) is 31.9 Å². The van der Waals surface area contributed by atoms with E-state index in [9.17, 15) is 9.90 Å². The third-order valence-corrected chi connectivity index (χ3v) is 4.24. The van der Waals surface area contributed by atoms with Gasteiger partial charge < -0.3 is 10.4 Å². The van der Waals surface area contributed by atoms with Crippen molar-refractivity contribution in [2.75, 3.05) is 5.32 Å². The van der Waals surface area contributed by atoms with Gasteiger partial charge in [-0.2, -0.15) is 0 Å². The van der Waals surface area contributed by atoms with Gasteiger partial charge in [0.1, 0.15) is 0 Å². The molecule has 0 aliphatic carbocycles. The van der Waals surface area contributed by atoms with Crippen molar-refractivity contribution in [3.63, 3.8) is 0 Å². The van der Waals surface area contributed by atoms with Crippen LogP contribution in [0.3, 0.4) is 0 Å². The summed E-state index contributed by atoms with van der Waals surface area (Å²) < 4.78 is 1.73. The molecule has 0 aliphatic heterocycles. The molecule has 0 bridgehead atoms. The molecule has 1 amide bonds. The first-order valence-corrected chi connectivity index (χ1v) is 8.78. The second-order valence-corrected chi connectivity index (χ2v) is 6.49. The van der Waals surface area contributed by atoms with Crippen LogP contribution in [0, 0.1) is 6.92 Å². The summed E-state index contributed by atoms with van der Waals surface area (Å²) >= 11 is 0. The van der Waals surface area contributed by atoms with E-state index < -0.39 is 5.60 Å².